The number of hydrogen-bond donors (Lipinski definition) is 4. The number of likely N-dealkylation sites (tertiary alicyclic amines) is 2. The number of aromatic nitrogens is 4. The summed E-state index contributed by atoms with van der Waals surface area (Å²) in [6.07, 6.45) is 18.6. The Kier molecular flexibility index (Phi) is 18.0. The van der Waals surface area contributed by atoms with Gasteiger partial charge in [-0.25, -0.2) is 19.7 Å². The molecule has 3 aliphatic heterocycles. The second-order valence-electron chi connectivity index (χ2n) is 13.2. The van der Waals surface area contributed by atoms with E-state index in [0.717, 1.165) is 51.9 Å². The van der Waals surface area contributed by atoms with Crippen LogP contribution in [0.5, 0.6) is 0 Å². The summed E-state index contributed by atoms with van der Waals surface area (Å²) in [5.74, 6) is -0.472. The smallest absolute Gasteiger partial charge is 0.337 e. The fraction of sp³-hybridized carbons (Fsp3) is 0.317. The number of hydrogen-bond acceptors (Lipinski definition) is 11. The maximum atomic E-state index is 12.2. The summed E-state index contributed by atoms with van der Waals surface area (Å²) in [6.45, 7) is 5.83. The molecular weight excluding hydrogens is 785 g/mol. The first kappa shape index (κ1) is 44.8. The van der Waals surface area contributed by atoms with Crippen LogP contribution in [-0.4, -0.2) is 97.3 Å². The number of pyridine rings is 4. The number of allylic oxidation sites excluding steroid dienone is 4. The van der Waals surface area contributed by atoms with E-state index in [1.807, 2.05) is 9.80 Å². The van der Waals surface area contributed by atoms with Crippen molar-refractivity contribution in [1.82, 2.24) is 34.6 Å². The molecule has 8 rings (SSSR count). The van der Waals surface area contributed by atoms with Crippen LogP contribution >= 0.6 is 23.2 Å². The monoisotopic (exact) mass is 831 g/mol. The van der Waals surface area contributed by atoms with E-state index < -0.39 is 5.97 Å². The lowest BCUT2D eigenvalue weighted by Gasteiger charge is -2.15. The third-order valence-corrected chi connectivity index (χ3v) is 9.39. The minimum atomic E-state index is -0.996. The SMILES string of the molecule is C1CCNC1.NC1=CC=CCC1=O.Nc1cccn(-c2ccc(C(=O)N3CCCC3)cn2)c1=O.O=C(O)c1ccc(Cl)nc1.O=C(c1ccc(Cl)nc1)N1CCCC1. The summed E-state index contributed by atoms with van der Waals surface area (Å²) in [7, 11) is 0. The lowest BCUT2D eigenvalue weighted by atomic mass is 10.1. The maximum Gasteiger partial charge on any atom is 0.337 e. The molecule has 4 aromatic heterocycles. The van der Waals surface area contributed by atoms with Crippen molar-refractivity contribution in [3.05, 3.63) is 135 Å². The predicted octanol–water partition coefficient (Wildman–Crippen LogP) is 5.18. The summed E-state index contributed by atoms with van der Waals surface area (Å²) >= 11 is 11.1. The second kappa shape index (κ2) is 23.4. The molecular formula is C41H47Cl2N9O6. The van der Waals surface area contributed by atoms with Crippen LogP contribution in [0.3, 0.4) is 0 Å². The molecule has 6 N–H and O–H groups in total. The molecule has 0 atom stereocenters. The Morgan fingerprint density at radius 2 is 1.21 bits per heavy atom. The molecule has 4 aliphatic rings. The Morgan fingerprint density at radius 1 is 0.690 bits per heavy atom. The standard InChI is InChI=1S/C15H16N4O2.C10H11ClN2O.C6H4ClNO2.C6H7NO.C4H9N/c16-12-4-3-9-19(15(12)21)13-6-5-11(10-17-13)14(20)18-7-1-2-8-18;11-9-4-3-8(7-12-9)10(14)13-5-1-2-6-13;7-5-2-1-4(3-8-5)6(9)10;7-5-3-1-2-4-6(5)8;1-2-4-5-3-1/h3-6,9-10H,1-2,7-8,16H2;3-4,7H,1-2,5-6H2;1-3H,(H,9,10);1-3H,4,7H2;5H,1-4H2. The summed E-state index contributed by atoms with van der Waals surface area (Å²) in [5, 5.41) is 12.3. The molecule has 0 radical (unpaired) electrons. The molecule has 306 valence electrons. The van der Waals surface area contributed by atoms with E-state index in [2.05, 4.69) is 20.3 Å². The van der Waals surface area contributed by atoms with Gasteiger partial charge in [0.05, 0.1) is 28.1 Å². The van der Waals surface area contributed by atoms with E-state index in [1.165, 1.54) is 61.2 Å². The Morgan fingerprint density at radius 3 is 1.60 bits per heavy atom. The van der Waals surface area contributed by atoms with Gasteiger partial charge in [0.15, 0.2) is 5.78 Å². The zero-order chi connectivity index (χ0) is 41.9. The molecule has 7 heterocycles. The number of amides is 2. The zero-order valence-corrected chi connectivity index (χ0v) is 33.4. The fourth-order valence-corrected chi connectivity index (χ4v) is 5.96. The number of anilines is 1. The predicted molar refractivity (Wildman–Crippen MR) is 223 cm³/mol. The molecule has 3 saturated heterocycles. The Bertz CT molecular complexity index is 2080. The minimum absolute atomic E-state index is 0.00790. The minimum Gasteiger partial charge on any atom is -0.478 e. The number of rotatable bonds is 4. The van der Waals surface area contributed by atoms with Gasteiger partial charge in [-0.3, -0.25) is 23.7 Å². The topological polar surface area (TPSA) is 220 Å². The Labute approximate surface area is 346 Å². The van der Waals surface area contributed by atoms with Crippen LogP contribution in [0, 0.1) is 0 Å². The number of ketones is 1. The molecule has 0 aromatic carbocycles. The molecule has 0 bridgehead atoms. The molecule has 15 nitrogen and oxygen atoms in total. The van der Waals surface area contributed by atoms with Crippen molar-refractivity contribution in [3.63, 3.8) is 0 Å². The van der Waals surface area contributed by atoms with Gasteiger partial charge in [-0.2, -0.15) is 0 Å². The average molecular weight is 833 g/mol. The van der Waals surface area contributed by atoms with Gasteiger partial charge in [0, 0.05) is 57.4 Å². The highest BCUT2D eigenvalue weighted by Crippen LogP contribution is 2.15. The molecule has 4 aromatic rings. The lowest BCUT2D eigenvalue weighted by Crippen LogP contribution is -2.28. The highest BCUT2D eigenvalue weighted by molar-refractivity contribution is 6.29. The van der Waals surface area contributed by atoms with E-state index in [1.54, 1.807) is 60.8 Å². The maximum absolute atomic E-state index is 12.2. The van der Waals surface area contributed by atoms with Gasteiger partial charge in [0.25, 0.3) is 17.4 Å². The van der Waals surface area contributed by atoms with E-state index in [-0.39, 0.29) is 34.4 Å². The van der Waals surface area contributed by atoms with Crippen molar-refractivity contribution in [1.29, 1.82) is 0 Å². The van der Waals surface area contributed by atoms with Crippen molar-refractivity contribution in [2.45, 2.75) is 44.9 Å². The van der Waals surface area contributed by atoms with Crippen LogP contribution in [-0.2, 0) is 4.79 Å². The molecule has 0 unspecified atom stereocenters. The van der Waals surface area contributed by atoms with Gasteiger partial charge in [0.1, 0.15) is 16.1 Å². The molecule has 3 fully saturated rings. The van der Waals surface area contributed by atoms with Crippen LogP contribution in [0.25, 0.3) is 5.82 Å². The molecule has 58 heavy (non-hydrogen) atoms. The van der Waals surface area contributed by atoms with E-state index in [9.17, 15) is 24.0 Å². The van der Waals surface area contributed by atoms with Crippen molar-refractivity contribution in [3.8, 4) is 5.82 Å². The first-order valence-electron chi connectivity index (χ1n) is 18.8. The van der Waals surface area contributed by atoms with Gasteiger partial charge in [-0.1, -0.05) is 35.4 Å². The number of carbonyl (C=O) groups excluding carboxylic acids is 3. The first-order chi connectivity index (χ1) is 27.9. The fourth-order valence-electron chi connectivity index (χ4n) is 5.74. The number of nitrogens with zero attached hydrogens (tertiary/aromatic N) is 6. The first-order valence-corrected chi connectivity index (χ1v) is 19.5. The number of nitrogens with one attached hydrogen (secondary N) is 1. The molecule has 17 heteroatoms. The average Bonchev–Trinajstić information content (AvgIpc) is 4.08. The van der Waals surface area contributed by atoms with Crippen molar-refractivity contribution < 1.29 is 24.3 Å². The molecule has 1 aliphatic carbocycles. The van der Waals surface area contributed by atoms with Crippen molar-refractivity contribution >= 4 is 52.5 Å². The second-order valence-corrected chi connectivity index (χ2v) is 14.0. The summed E-state index contributed by atoms with van der Waals surface area (Å²) in [6, 6.07) is 12.8. The van der Waals surface area contributed by atoms with Gasteiger partial charge in [0.2, 0.25) is 0 Å². The third-order valence-electron chi connectivity index (χ3n) is 8.95. The van der Waals surface area contributed by atoms with Crippen LogP contribution in [0.4, 0.5) is 5.69 Å². The number of carboxylic acid groups (broad SMARTS) is 1. The van der Waals surface area contributed by atoms with Gasteiger partial charge in [-0.15, -0.1) is 0 Å². The van der Waals surface area contributed by atoms with Gasteiger partial charge < -0.3 is 31.7 Å². The van der Waals surface area contributed by atoms with Crippen LogP contribution < -0.4 is 22.3 Å². The number of aromatic carboxylic acids is 1. The highest BCUT2D eigenvalue weighted by Gasteiger charge is 2.20. The summed E-state index contributed by atoms with van der Waals surface area (Å²) in [5.41, 5.74) is 12.4. The normalized spacial score (nSPS) is 15.3. The van der Waals surface area contributed by atoms with Crippen LogP contribution in [0.2, 0.25) is 10.3 Å². The third kappa shape index (κ3) is 14.2. The zero-order valence-electron chi connectivity index (χ0n) is 31.9. The van der Waals surface area contributed by atoms with Crippen LogP contribution in [0.15, 0.2) is 102 Å². The Balaban J connectivity index is 0.000000174. The van der Waals surface area contributed by atoms with Crippen molar-refractivity contribution in [2.75, 3.05) is 45.0 Å². The molecule has 0 spiro atoms. The number of nitrogens with two attached hydrogens (primary N) is 2. The van der Waals surface area contributed by atoms with Gasteiger partial charge in [-0.05, 0) is 106 Å². The summed E-state index contributed by atoms with van der Waals surface area (Å²) in [4.78, 5) is 72.1. The highest BCUT2D eigenvalue weighted by atomic mass is 35.5. The van der Waals surface area contributed by atoms with E-state index in [4.69, 9.17) is 39.8 Å². The number of Topliss-reactive ketones (excluding diaryl/α,β-unsaturated/α-hetero) is 1. The van der Waals surface area contributed by atoms with E-state index in [0.29, 0.717) is 39.4 Å². The van der Waals surface area contributed by atoms with Gasteiger partial charge >= 0.3 is 5.97 Å². The van der Waals surface area contributed by atoms with Crippen LogP contribution in [0.1, 0.15) is 76.0 Å². The number of nitrogen functional groups attached to an aromatic ring is 1. The van der Waals surface area contributed by atoms with Crippen molar-refractivity contribution in [2.24, 2.45) is 5.73 Å². The number of carbonyl (C=O) groups is 4. The number of halogens is 2. The molecule has 0 saturated carbocycles. The summed E-state index contributed by atoms with van der Waals surface area (Å²) < 4.78 is 1.36. The lowest BCUT2D eigenvalue weighted by molar-refractivity contribution is -0.114. The number of carboxylic acids is 1. The molecule has 2 amide bonds. The Hall–Kier alpha value is -5.90. The van der Waals surface area contributed by atoms with E-state index >= 15 is 0 Å². The quantitative estimate of drug-likeness (QED) is 0.196. The largest absolute Gasteiger partial charge is 0.478 e.